The van der Waals surface area contributed by atoms with Crippen molar-refractivity contribution >= 4 is 84.3 Å². The van der Waals surface area contributed by atoms with Gasteiger partial charge < -0.3 is 15.4 Å². The molecular formula is C24H15Br2Cl2N3O3. The highest BCUT2D eigenvalue weighted by atomic mass is 79.9. The molecule has 2 N–H and O–H groups in total. The molecule has 34 heavy (non-hydrogen) atoms. The third-order valence-corrected chi connectivity index (χ3v) is 6.05. The van der Waals surface area contributed by atoms with Crippen LogP contribution in [0.15, 0.2) is 75.2 Å². The van der Waals surface area contributed by atoms with Gasteiger partial charge in [0.05, 0.1) is 19.7 Å². The minimum Gasteiger partial charge on any atom is -0.481 e. The van der Waals surface area contributed by atoms with Crippen molar-refractivity contribution in [2.45, 2.75) is 0 Å². The third kappa shape index (κ3) is 7.08. The number of benzene rings is 3. The summed E-state index contributed by atoms with van der Waals surface area (Å²) >= 11 is 18.7. The van der Waals surface area contributed by atoms with Crippen LogP contribution in [0.1, 0.15) is 5.56 Å². The van der Waals surface area contributed by atoms with Gasteiger partial charge in [0.25, 0.3) is 11.8 Å². The fraction of sp³-hybridized carbons (Fsp3) is 0.0417. The zero-order valence-corrected chi connectivity index (χ0v) is 21.9. The van der Waals surface area contributed by atoms with Crippen molar-refractivity contribution in [3.63, 3.8) is 0 Å². The number of amides is 2. The van der Waals surface area contributed by atoms with Gasteiger partial charge >= 0.3 is 0 Å². The highest BCUT2D eigenvalue weighted by molar-refractivity contribution is 9.11. The van der Waals surface area contributed by atoms with E-state index in [0.29, 0.717) is 41.7 Å². The number of ether oxygens (including phenoxy) is 1. The van der Waals surface area contributed by atoms with Crippen LogP contribution in [0.25, 0.3) is 6.08 Å². The topological polar surface area (TPSA) is 91.2 Å². The van der Waals surface area contributed by atoms with Gasteiger partial charge in [-0.1, -0.05) is 35.3 Å². The van der Waals surface area contributed by atoms with Crippen LogP contribution in [0.3, 0.4) is 0 Å². The Hall–Kier alpha value is -2.83. The Labute approximate surface area is 222 Å². The van der Waals surface area contributed by atoms with E-state index < -0.39 is 5.91 Å². The first kappa shape index (κ1) is 25.8. The van der Waals surface area contributed by atoms with Crippen molar-refractivity contribution in [2.24, 2.45) is 0 Å². The molecule has 0 aromatic heterocycles. The molecule has 3 aromatic carbocycles. The van der Waals surface area contributed by atoms with Crippen molar-refractivity contribution in [3.05, 3.63) is 90.8 Å². The monoisotopic (exact) mass is 621 g/mol. The van der Waals surface area contributed by atoms with E-state index in [-0.39, 0.29) is 18.1 Å². The Balaban J connectivity index is 1.69. The summed E-state index contributed by atoms with van der Waals surface area (Å²) in [5, 5.41) is 15.7. The second-order valence-corrected chi connectivity index (χ2v) is 9.31. The van der Waals surface area contributed by atoms with Gasteiger partial charge in [-0.15, -0.1) is 0 Å². The number of carbonyl (C=O) groups is 2. The molecule has 0 aliphatic heterocycles. The summed E-state index contributed by atoms with van der Waals surface area (Å²) in [5.74, 6) is -0.558. The average Bonchev–Trinajstić information content (AvgIpc) is 2.80. The molecule has 0 atom stereocenters. The summed E-state index contributed by atoms with van der Waals surface area (Å²) in [4.78, 5) is 24.7. The molecule has 0 radical (unpaired) electrons. The zero-order valence-electron chi connectivity index (χ0n) is 17.2. The second kappa shape index (κ2) is 12.0. The molecule has 172 valence electrons. The van der Waals surface area contributed by atoms with Crippen LogP contribution in [0.2, 0.25) is 10.0 Å². The number of halogens is 4. The van der Waals surface area contributed by atoms with Crippen molar-refractivity contribution in [1.29, 1.82) is 5.26 Å². The van der Waals surface area contributed by atoms with Crippen LogP contribution in [0.4, 0.5) is 11.4 Å². The number of para-hydroxylation sites is 1. The largest absolute Gasteiger partial charge is 0.481 e. The Bertz CT molecular complexity index is 1280. The van der Waals surface area contributed by atoms with E-state index in [0.717, 1.165) is 0 Å². The molecule has 6 nitrogen and oxygen atoms in total. The van der Waals surface area contributed by atoms with Gasteiger partial charge in [0.15, 0.2) is 6.61 Å². The van der Waals surface area contributed by atoms with E-state index in [1.54, 1.807) is 60.7 Å². The molecule has 0 fully saturated rings. The highest BCUT2D eigenvalue weighted by Crippen LogP contribution is 2.35. The van der Waals surface area contributed by atoms with Crippen LogP contribution in [0.5, 0.6) is 5.75 Å². The number of nitrogens with zero attached hydrogens (tertiary/aromatic N) is 1. The number of rotatable bonds is 7. The Morgan fingerprint density at radius 1 is 1.00 bits per heavy atom. The lowest BCUT2D eigenvalue weighted by Gasteiger charge is -2.12. The van der Waals surface area contributed by atoms with Crippen LogP contribution in [-0.4, -0.2) is 18.4 Å². The van der Waals surface area contributed by atoms with Crippen molar-refractivity contribution < 1.29 is 14.3 Å². The number of hydrogen-bond acceptors (Lipinski definition) is 4. The first-order chi connectivity index (χ1) is 16.3. The molecule has 10 heteroatoms. The minimum atomic E-state index is -0.595. The standard InChI is InChI=1S/C24H15Br2Cl2N3O3/c25-18-10-14(9-15(12-29)24(33)31-21-4-2-1-3-20(21)28)11-19(26)23(18)34-13-22(32)30-17-7-5-16(27)6-8-17/h1-11H,13H2,(H,30,32)(H,31,33)/b15-9+. The predicted octanol–water partition coefficient (Wildman–Crippen LogP) is 7.08. The molecule has 0 aliphatic rings. The summed E-state index contributed by atoms with van der Waals surface area (Å²) in [6.45, 7) is -0.237. The van der Waals surface area contributed by atoms with Gasteiger partial charge in [-0.2, -0.15) is 5.26 Å². The fourth-order valence-corrected chi connectivity index (χ4v) is 4.50. The maximum Gasteiger partial charge on any atom is 0.266 e. The molecule has 0 aliphatic carbocycles. The fourth-order valence-electron chi connectivity index (χ4n) is 2.74. The number of hydrogen-bond donors (Lipinski definition) is 2. The highest BCUT2D eigenvalue weighted by Gasteiger charge is 2.14. The quantitative estimate of drug-likeness (QED) is 0.217. The molecule has 0 saturated heterocycles. The smallest absolute Gasteiger partial charge is 0.266 e. The number of nitrogens with one attached hydrogen (secondary N) is 2. The summed E-state index contributed by atoms with van der Waals surface area (Å²) in [6.07, 6.45) is 1.43. The Kier molecular flexibility index (Phi) is 9.13. The van der Waals surface area contributed by atoms with Gasteiger partial charge in [-0.25, -0.2) is 0 Å². The van der Waals surface area contributed by atoms with E-state index in [4.69, 9.17) is 27.9 Å². The van der Waals surface area contributed by atoms with Gasteiger partial charge in [0, 0.05) is 10.7 Å². The maximum atomic E-state index is 12.5. The van der Waals surface area contributed by atoms with Gasteiger partial charge in [-0.05, 0) is 92.0 Å². The summed E-state index contributed by atoms with van der Waals surface area (Å²) in [7, 11) is 0. The van der Waals surface area contributed by atoms with Crippen LogP contribution in [-0.2, 0) is 9.59 Å². The van der Waals surface area contributed by atoms with E-state index in [2.05, 4.69) is 42.5 Å². The first-order valence-corrected chi connectivity index (χ1v) is 12.0. The Morgan fingerprint density at radius 2 is 1.65 bits per heavy atom. The first-order valence-electron chi connectivity index (χ1n) is 9.61. The molecule has 0 saturated carbocycles. The summed E-state index contributed by atoms with van der Waals surface area (Å²) in [5.41, 5.74) is 1.44. The van der Waals surface area contributed by atoms with E-state index in [1.807, 2.05) is 6.07 Å². The van der Waals surface area contributed by atoms with Gasteiger partial charge in [-0.3, -0.25) is 9.59 Å². The molecule has 0 spiro atoms. The van der Waals surface area contributed by atoms with E-state index >= 15 is 0 Å². The minimum absolute atomic E-state index is 0.116. The SMILES string of the molecule is N#C/C(=C\c1cc(Br)c(OCC(=O)Nc2ccc(Cl)cc2)c(Br)c1)C(=O)Nc1ccccc1Cl. The Morgan fingerprint density at radius 3 is 2.26 bits per heavy atom. The number of carbonyl (C=O) groups excluding carboxylic acids is 2. The summed E-state index contributed by atoms with van der Waals surface area (Å²) < 4.78 is 6.69. The van der Waals surface area contributed by atoms with Crippen molar-refractivity contribution in [3.8, 4) is 11.8 Å². The second-order valence-electron chi connectivity index (χ2n) is 6.76. The normalized spacial score (nSPS) is 10.9. The molecule has 0 heterocycles. The lowest BCUT2D eigenvalue weighted by Crippen LogP contribution is -2.20. The van der Waals surface area contributed by atoms with Gasteiger partial charge in [0.1, 0.15) is 17.4 Å². The molecule has 2 amide bonds. The lowest BCUT2D eigenvalue weighted by molar-refractivity contribution is -0.118. The predicted molar refractivity (Wildman–Crippen MR) is 141 cm³/mol. The maximum absolute atomic E-state index is 12.5. The zero-order chi connectivity index (χ0) is 24.7. The molecule has 3 aromatic rings. The molecule has 0 unspecified atom stereocenters. The third-order valence-electron chi connectivity index (χ3n) is 4.29. The van der Waals surface area contributed by atoms with Crippen molar-refractivity contribution in [2.75, 3.05) is 17.2 Å². The lowest BCUT2D eigenvalue weighted by atomic mass is 10.1. The molecular weight excluding hydrogens is 609 g/mol. The van der Waals surface area contributed by atoms with Gasteiger partial charge in [0.2, 0.25) is 0 Å². The number of nitriles is 1. The summed E-state index contributed by atoms with van der Waals surface area (Å²) in [6, 6.07) is 18.7. The average molecular weight is 624 g/mol. The van der Waals surface area contributed by atoms with Crippen molar-refractivity contribution in [1.82, 2.24) is 0 Å². The van der Waals surface area contributed by atoms with E-state index in [9.17, 15) is 14.9 Å². The number of anilines is 2. The molecule has 3 rings (SSSR count). The molecule has 0 bridgehead atoms. The van der Waals surface area contributed by atoms with Crippen LogP contribution < -0.4 is 15.4 Å². The van der Waals surface area contributed by atoms with Crippen LogP contribution in [0, 0.1) is 11.3 Å². The van der Waals surface area contributed by atoms with E-state index in [1.165, 1.54) is 6.08 Å². The van der Waals surface area contributed by atoms with Crippen LogP contribution >= 0.6 is 55.1 Å².